The number of aliphatic hydroxyl groups excluding tert-OH is 3. The van der Waals surface area contributed by atoms with E-state index in [9.17, 15) is 24.9 Å². The lowest BCUT2D eigenvalue weighted by Crippen LogP contribution is -2.50. The van der Waals surface area contributed by atoms with Crippen LogP contribution < -0.4 is 10.6 Å². The molecule has 9 heteroatoms. The molecule has 0 spiro atoms. The third-order valence-corrected chi connectivity index (χ3v) is 4.56. The van der Waals surface area contributed by atoms with Crippen molar-refractivity contribution in [3.8, 4) is 0 Å². The van der Waals surface area contributed by atoms with Gasteiger partial charge < -0.3 is 35.4 Å². The lowest BCUT2D eigenvalue weighted by molar-refractivity contribution is -0.139. The molecule has 0 aromatic heterocycles. The Morgan fingerprint density at radius 2 is 1.93 bits per heavy atom. The Morgan fingerprint density at radius 3 is 2.52 bits per heavy atom. The molecule has 5 N–H and O–H groups in total. The summed E-state index contributed by atoms with van der Waals surface area (Å²) in [5.41, 5.74) is 0.714. The molecule has 0 unspecified atom stereocenters. The van der Waals surface area contributed by atoms with Gasteiger partial charge in [-0.05, 0) is 12.5 Å². The third-order valence-electron chi connectivity index (χ3n) is 4.56. The molecule has 2 aliphatic rings. The van der Waals surface area contributed by atoms with Gasteiger partial charge in [-0.25, -0.2) is 9.59 Å². The highest BCUT2D eigenvalue weighted by atomic mass is 16.6. The van der Waals surface area contributed by atoms with Crippen molar-refractivity contribution in [3.63, 3.8) is 0 Å². The minimum atomic E-state index is -1.43. The molecule has 2 amide bonds. The molecule has 0 saturated carbocycles. The lowest BCUT2D eigenvalue weighted by atomic mass is 9.92. The summed E-state index contributed by atoms with van der Waals surface area (Å²) < 4.78 is 10.6. The fourth-order valence-corrected chi connectivity index (χ4v) is 3.28. The maximum Gasteiger partial charge on any atom is 0.338 e. The van der Waals surface area contributed by atoms with Gasteiger partial charge in [-0.15, -0.1) is 0 Å². The molecule has 9 nitrogen and oxygen atoms in total. The van der Waals surface area contributed by atoms with Crippen LogP contribution in [-0.2, 0) is 14.3 Å². The maximum atomic E-state index is 12.7. The Hall–Kier alpha value is -2.46. The van der Waals surface area contributed by atoms with Crippen molar-refractivity contribution in [1.29, 1.82) is 0 Å². The number of carbonyl (C=O) groups excluding carboxylic acids is 2. The number of aliphatic hydroxyl groups is 3. The molecular weight excluding hydrogens is 356 g/mol. The Balaban J connectivity index is 2.09. The molecule has 2 aliphatic heterocycles. The largest absolute Gasteiger partial charge is 0.463 e. The molecule has 0 radical (unpaired) electrons. The Labute approximate surface area is 155 Å². The first-order valence-corrected chi connectivity index (χ1v) is 8.64. The van der Waals surface area contributed by atoms with Gasteiger partial charge in [-0.2, -0.15) is 0 Å². The van der Waals surface area contributed by atoms with Crippen LogP contribution in [0.25, 0.3) is 0 Å². The number of nitrogens with one attached hydrogen (secondary N) is 2. The van der Waals surface area contributed by atoms with Gasteiger partial charge >= 0.3 is 12.0 Å². The average molecular weight is 378 g/mol. The molecule has 2 heterocycles. The van der Waals surface area contributed by atoms with Crippen molar-refractivity contribution < 1.29 is 34.4 Å². The van der Waals surface area contributed by atoms with Gasteiger partial charge in [0, 0.05) is 0 Å². The molecule has 146 valence electrons. The first kappa shape index (κ1) is 19.3. The van der Waals surface area contributed by atoms with E-state index in [4.69, 9.17) is 9.47 Å². The normalized spacial score (nSPS) is 30.7. The van der Waals surface area contributed by atoms with E-state index in [1.54, 1.807) is 37.3 Å². The first-order valence-electron chi connectivity index (χ1n) is 8.64. The van der Waals surface area contributed by atoms with Crippen molar-refractivity contribution in [3.05, 3.63) is 47.2 Å². The zero-order valence-electron chi connectivity index (χ0n) is 14.7. The van der Waals surface area contributed by atoms with E-state index in [2.05, 4.69) is 10.6 Å². The predicted octanol–water partition coefficient (Wildman–Crippen LogP) is -0.661. The van der Waals surface area contributed by atoms with Crippen LogP contribution in [0.3, 0.4) is 0 Å². The van der Waals surface area contributed by atoms with E-state index in [0.717, 1.165) is 0 Å². The topological polar surface area (TPSA) is 137 Å². The number of esters is 1. The van der Waals surface area contributed by atoms with E-state index in [0.29, 0.717) is 5.56 Å². The van der Waals surface area contributed by atoms with E-state index in [1.807, 2.05) is 0 Å². The number of rotatable bonds is 5. The lowest BCUT2D eigenvalue weighted by Gasteiger charge is -2.32. The van der Waals surface area contributed by atoms with Gasteiger partial charge in [-0.3, -0.25) is 0 Å². The summed E-state index contributed by atoms with van der Waals surface area (Å²) in [6.07, 6.45) is -5.04. The van der Waals surface area contributed by atoms with Crippen LogP contribution in [0.2, 0.25) is 0 Å². The highest BCUT2D eigenvalue weighted by Crippen LogP contribution is 2.34. The summed E-state index contributed by atoms with van der Waals surface area (Å²) in [5.74, 6) is -0.688. The maximum absolute atomic E-state index is 12.7. The van der Waals surface area contributed by atoms with Gasteiger partial charge in [0.1, 0.15) is 24.4 Å². The molecular formula is C18H22N2O7. The third kappa shape index (κ3) is 3.67. The van der Waals surface area contributed by atoms with Crippen molar-refractivity contribution >= 4 is 12.0 Å². The highest BCUT2D eigenvalue weighted by molar-refractivity contribution is 5.95. The van der Waals surface area contributed by atoms with Crippen molar-refractivity contribution in [2.24, 2.45) is 0 Å². The van der Waals surface area contributed by atoms with Crippen molar-refractivity contribution in [2.75, 3.05) is 13.2 Å². The Morgan fingerprint density at radius 1 is 1.22 bits per heavy atom. The zero-order chi connectivity index (χ0) is 19.6. The SMILES string of the molecule is CCOC(=O)C1=C([C@@H]2O[C@H](CO)[C@@H](O)[C@H]2O)NC(=O)N[C@H]1c1ccccc1. The quantitative estimate of drug-likeness (QED) is 0.429. The van der Waals surface area contributed by atoms with Gasteiger partial charge in [0.15, 0.2) is 0 Å². The molecule has 0 bridgehead atoms. The average Bonchev–Trinajstić information content (AvgIpc) is 2.96. The van der Waals surface area contributed by atoms with E-state index in [1.165, 1.54) is 0 Å². The van der Waals surface area contributed by atoms with E-state index >= 15 is 0 Å². The highest BCUT2D eigenvalue weighted by Gasteiger charge is 2.48. The number of urea groups is 1. The molecule has 0 aliphatic carbocycles. The summed E-state index contributed by atoms with van der Waals surface area (Å²) in [6.45, 7) is 1.24. The van der Waals surface area contributed by atoms with Crippen LogP contribution in [0.4, 0.5) is 4.79 Å². The van der Waals surface area contributed by atoms with Crippen LogP contribution in [-0.4, -0.2) is 64.9 Å². The standard InChI is InChI=1S/C18H22N2O7/c1-2-26-17(24)11-12(9-6-4-3-5-7-9)19-18(25)20-13(11)16-15(23)14(22)10(8-21)27-16/h3-7,10,12,14-16,21-23H,2,8H2,1H3,(H2,19,20,25)/t10-,12+,14-,15-,16+/m1/s1. The number of carbonyl (C=O) groups is 2. The minimum Gasteiger partial charge on any atom is -0.463 e. The Bertz CT molecular complexity index is 736. The van der Waals surface area contributed by atoms with Crippen molar-refractivity contribution in [1.82, 2.24) is 10.6 Å². The van der Waals surface area contributed by atoms with Crippen molar-refractivity contribution in [2.45, 2.75) is 37.4 Å². The predicted molar refractivity (Wildman–Crippen MR) is 92.3 cm³/mol. The molecule has 1 aromatic rings. The molecule has 5 atom stereocenters. The number of hydrogen-bond acceptors (Lipinski definition) is 7. The number of benzene rings is 1. The summed E-state index contributed by atoms with van der Waals surface area (Å²) in [6, 6.07) is 7.39. The van der Waals surface area contributed by atoms with Crippen LogP contribution in [0.1, 0.15) is 18.5 Å². The summed E-state index contributed by atoms with van der Waals surface area (Å²) >= 11 is 0. The Kier molecular flexibility index (Phi) is 5.76. The van der Waals surface area contributed by atoms with Crippen LogP contribution in [0, 0.1) is 0 Å². The monoisotopic (exact) mass is 378 g/mol. The fourth-order valence-electron chi connectivity index (χ4n) is 3.28. The van der Waals surface area contributed by atoms with Gasteiger partial charge in [0.2, 0.25) is 0 Å². The molecule has 1 fully saturated rings. The molecule has 1 aromatic carbocycles. The van der Waals surface area contributed by atoms with Crippen LogP contribution >= 0.6 is 0 Å². The first-order chi connectivity index (χ1) is 13.0. The summed E-state index contributed by atoms with van der Waals surface area (Å²) in [7, 11) is 0. The number of amides is 2. The van der Waals surface area contributed by atoms with Gasteiger partial charge in [-0.1, -0.05) is 30.3 Å². The molecule has 3 rings (SSSR count). The van der Waals surface area contributed by atoms with E-state index in [-0.39, 0.29) is 17.9 Å². The van der Waals surface area contributed by atoms with Crippen LogP contribution in [0.15, 0.2) is 41.6 Å². The number of hydrogen-bond donors (Lipinski definition) is 5. The minimum absolute atomic E-state index is 0.00792. The van der Waals surface area contributed by atoms with E-state index < -0.39 is 49.1 Å². The molecule has 1 saturated heterocycles. The second kappa shape index (κ2) is 8.05. The van der Waals surface area contributed by atoms with Gasteiger partial charge in [0.25, 0.3) is 0 Å². The molecule has 27 heavy (non-hydrogen) atoms. The number of ether oxygens (including phenoxy) is 2. The second-order valence-corrected chi connectivity index (χ2v) is 6.25. The van der Waals surface area contributed by atoms with Gasteiger partial charge in [0.05, 0.1) is 30.5 Å². The summed E-state index contributed by atoms with van der Waals surface area (Å²) in [5, 5.41) is 34.8. The second-order valence-electron chi connectivity index (χ2n) is 6.25. The smallest absolute Gasteiger partial charge is 0.338 e. The fraction of sp³-hybridized carbons (Fsp3) is 0.444. The zero-order valence-corrected chi connectivity index (χ0v) is 14.7. The summed E-state index contributed by atoms with van der Waals surface area (Å²) in [4.78, 5) is 24.9. The van der Waals surface area contributed by atoms with Crippen LogP contribution in [0.5, 0.6) is 0 Å².